The number of hydrogen-bond acceptors (Lipinski definition) is 3. The van der Waals surface area contributed by atoms with Crippen LogP contribution in [0.5, 0.6) is 0 Å². The monoisotopic (exact) mass is 287 g/mol. The Morgan fingerprint density at radius 1 is 1.14 bits per heavy atom. The molecule has 0 saturated carbocycles. The van der Waals surface area contributed by atoms with E-state index in [0.717, 1.165) is 4.90 Å². The molecular formula is C15H17N3O3. The van der Waals surface area contributed by atoms with E-state index >= 15 is 0 Å². The molecule has 1 atom stereocenters. The number of nitrogens with zero attached hydrogens (tertiary/aromatic N) is 3. The lowest BCUT2D eigenvalue weighted by Gasteiger charge is -2.46. The highest BCUT2D eigenvalue weighted by Crippen LogP contribution is 2.42. The standard InChI is InChI=1S/C15H17N3O3/c1-4-18-9-15(13(20)16(2)14(18)21)11-8-6-5-7-10(11)12(19)17(15)3/h5-8H,4,9H2,1-3H3. The summed E-state index contributed by atoms with van der Waals surface area (Å²) in [5.74, 6) is -0.532. The molecule has 0 radical (unpaired) electrons. The Morgan fingerprint density at radius 2 is 1.81 bits per heavy atom. The number of fused-ring (bicyclic) bond motifs is 2. The first-order valence-electron chi connectivity index (χ1n) is 6.90. The summed E-state index contributed by atoms with van der Waals surface area (Å²) < 4.78 is 0. The molecule has 1 fully saturated rings. The van der Waals surface area contributed by atoms with Crippen molar-refractivity contribution in [3.8, 4) is 0 Å². The van der Waals surface area contributed by atoms with E-state index in [0.29, 0.717) is 17.7 Å². The molecule has 6 heteroatoms. The van der Waals surface area contributed by atoms with Gasteiger partial charge in [-0.05, 0) is 13.0 Å². The summed E-state index contributed by atoms with van der Waals surface area (Å²) in [5.41, 5.74) is 0.110. The average molecular weight is 287 g/mol. The predicted octanol–water partition coefficient (Wildman–Crippen LogP) is 0.881. The summed E-state index contributed by atoms with van der Waals surface area (Å²) in [6.45, 7) is 2.55. The highest BCUT2D eigenvalue weighted by Gasteiger charge is 2.58. The molecule has 21 heavy (non-hydrogen) atoms. The van der Waals surface area contributed by atoms with Gasteiger partial charge < -0.3 is 9.80 Å². The van der Waals surface area contributed by atoms with Gasteiger partial charge in [0, 0.05) is 31.8 Å². The summed E-state index contributed by atoms with van der Waals surface area (Å²) >= 11 is 0. The van der Waals surface area contributed by atoms with Crippen molar-refractivity contribution in [3.63, 3.8) is 0 Å². The van der Waals surface area contributed by atoms with Crippen LogP contribution in [0.1, 0.15) is 22.8 Å². The fraction of sp³-hybridized carbons (Fsp3) is 0.400. The first-order valence-corrected chi connectivity index (χ1v) is 6.90. The second-order valence-corrected chi connectivity index (χ2v) is 5.43. The van der Waals surface area contributed by atoms with Gasteiger partial charge in [-0.15, -0.1) is 0 Å². The van der Waals surface area contributed by atoms with Gasteiger partial charge in [0.1, 0.15) is 0 Å². The van der Waals surface area contributed by atoms with E-state index in [1.807, 2.05) is 13.0 Å². The van der Waals surface area contributed by atoms with Crippen LogP contribution in [-0.4, -0.2) is 59.7 Å². The van der Waals surface area contributed by atoms with Gasteiger partial charge in [0.25, 0.3) is 11.8 Å². The van der Waals surface area contributed by atoms with Crippen molar-refractivity contribution in [2.45, 2.75) is 12.5 Å². The minimum Gasteiger partial charge on any atom is -0.322 e. The largest absolute Gasteiger partial charge is 0.326 e. The zero-order valence-corrected chi connectivity index (χ0v) is 12.3. The van der Waals surface area contributed by atoms with Gasteiger partial charge >= 0.3 is 6.03 Å². The molecule has 2 aliphatic rings. The van der Waals surface area contributed by atoms with E-state index in [1.165, 1.54) is 11.9 Å². The van der Waals surface area contributed by atoms with Crippen molar-refractivity contribution >= 4 is 17.8 Å². The molecule has 0 aromatic heterocycles. The lowest BCUT2D eigenvalue weighted by atomic mass is 9.86. The maximum Gasteiger partial charge on any atom is 0.326 e. The average Bonchev–Trinajstić information content (AvgIpc) is 2.72. The zero-order valence-electron chi connectivity index (χ0n) is 12.3. The van der Waals surface area contributed by atoms with Crippen LogP contribution in [0.15, 0.2) is 24.3 Å². The van der Waals surface area contributed by atoms with E-state index in [1.54, 1.807) is 30.1 Å². The molecule has 1 aromatic rings. The molecule has 2 heterocycles. The van der Waals surface area contributed by atoms with Crippen LogP contribution in [0.4, 0.5) is 4.79 Å². The Balaban J connectivity index is 2.22. The Morgan fingerprint density at radius 3 is 2.48 bits per heavy atom. The van der Waals surface area contributed by atoms with Gasteiger partial charge in [-0.3, -0.25) is 14.5 Å². The zero-order chi connectivity index (χ0) is 15.4. The third-order valence-electron chi connectivity index (χ3n) is 4.50. The third kappa shape index (κ3) is 1.50. The van der Waals surface area contributed by atoms with Gasteiger partial charge in [-0.1, -0.05) is 18.2 Å². The number of benzene rings is 1. The summed E-state index contributed by atoms with van der Waals surface area (Å²) in [5, 5.41) is 0. The summed E-state index contributed by atoms with van der Waals surface area (Å²) in [4.78, 5) is 41.6. The third-order valence-corrected chi connectivity index (χ3v) is 4.50. The van der Waals surface area contributed by atoms with Gasteiger partial charge in [0.05, 0.1) is 6.54 Å². The molecule has 6 nitrogen and oxygen atoms in total. The van der Waals surface area contributed by atoms with Crippen molar-refractivity contribution in [1.29, 1.82) is 0 Å². The second-order valence-electron chi connectivity index (χ2n) is 5.43. The Kier molecular flexibility index (Phi) is 2.79. The number of hydrogen-bond donors (Lipinski definition) is 0. The highest BCUT2D eigenvalue weighted by molar-refractivity contribution is 6.11. The molecule has 2 aliphatic heterocycles. The van der Waals surface area contributed by atoms with Crippen LogP contribution in [0, 0.1) is 0 Å². The van der Waals surface area contributed by atoms with E-state index in [2.05, 4.69) is 0 Å². The number of rotatable bonds is 1. The number of likely N-dealkylation sites (N-methyl/N-ethyl adjacent to an activating group) is 3. The Bertz CT molecular complexity index is 657. The molecule has 110 valence electrons. The normalized spacial score (nSPS) is 25.1. The van der Waals surface area contributed by atoms with Crippen LogP contribution in [0.2, 0.25) is 0 Å². The fourth-order valence-corrected chi connectivity index (χ4v) is 3.25. The van der Waals surface area contributed by atoms with Gasteiger partial charge in [-0.25, -0.2) is 4.79 Å². The molecule has 4 amide bonds. The SMILES string of the molecule is CCN1CC2(C(=O)N(C)C1=O)c1ccccc1C(=O)N2C. The lowest BCUT2D eigenvalue weighted by Crippen LogP contribution is -2.67. The van der Waals surface area contributed by atoms with Crippen molar-refractivity contribution in [3.05, 3.63) is 35.4 Å². The smallest absolute Gasteiger partial charge is 0.322 e. The minimum atomic E-state index is -1.10. The number of amides is 4. The van der Waals surface area contributed by atoms with Crippen LogP contribution in [0.3, 0.4) is 0 Å². The molecule has 0 bridgehead atoms. The van der Waals surface area contributed by atoms with Gasteiger partial charge in [0.15, 0.2) is 5.54 Å². The first kappa shape index (κ1) is 13.6. The number of urea groups is 1. The highest BCUT2D eigenvalue weighted by atomic mass is 16.2. The van der Waals surface area contributed by atoms with Gasteiger partial charge in [0.2, 0.25) is 0 Å². The van der Waals surface area contributed by atoms with Crippen molar-refractivity contribution in [1.82, 2.24) is 14.7 Å². The fourth-order valence-electron chi connectivity index (χ4n) is 3.25. The van der Waals surface area contributed by atoms with Gasteiger partial charge in [-0.2, -0.15) is 0 Å². The molecule has 3 rings (SSSR count). The van der Waals surface area contributed by atoms with Crippen molar-refractivity contribution < 1.29 is 14.4 Å². The quantitative estimate of drug-likeness (QED) is 0.770. The predicted molar refractivity (Wildman–Crippen MR) is 75.6 cm³/mol. The van der Waals surface area contributed by atoms with Crippen LogP contribution in [-0.2, 0) is 10.3 Å². The number of carbonyl (C=O) groups excluding carboxylic acids is 3. The first-order chi connectivity index (χ1) is 9.95. The molecule has 1 saturated heterocycles. The summed E-state index contributed by atoms with van der Waals surface area (Å²) in [6, 6.07) is 6.80. The second kappa shape index (κ2) is 4.31. The topological polar surface area (TPSA) is 60.9 Å². The van der Waals surface area contributed by atoms with Crippen molar-refractivity contribution in [2.75, 3.05) is 27.2 Å². The maximum atomic E-state index is 12.8. The summed E-state index contributed by atoms with van der Waals surface area (Å²) in [6.07, 6.45) is 0. The van der Waals surface area contributed by atoms with Crippen LogP contribution >= 0.6 is 0 Å². The molecule has 1 unspecified atom stereocenters. The Hall–Kier alpha value is -2.37. The lowest BCUT2D eigenvalue weighted by molar-refractivity contribution is -0.143. The minimum absolute atomic E-state index is 0.183. The van der Waals surface area contributed by atoms with E-state index in [4.69, 9.17) is 0 Å². The Labute approximate surface area is 122 Å². The molecule has 1 aromatic carbocycles. The molecular weight excluding hydrogens is 270 g/mol. The maximum absolute atomic E-state index is 12.8. The van der Waals surface area contributed by atoms with E-state index in [-0.39, 0.29) is 24.4 Å². The summed E-state index contributed by atoms with van der Waals surface area (Å²) in [7, 11) is 3.09. The van der Waals surface area contributed by atoms with E-state index in [9.17, 15) is 14.4 Å². The molecule has 1 spiro atoms. The number of carbonyl (C=O) groups is 3. The number of imide groups is 1. The van der Waals surface area contributed by atoms with Crippen LogP contribution in [0.25, 0.3) is 0 Å². The van der Waals surface area contributed by atoms with E-state index < -0.39 is 5.54 Å². The van der Waals surface area contributed by atoms with Crippen molar-refractivity contribution in [2.24, 2.45) is 0 Å². The molecule has 0 aliphatic carbocycles. The van der Waals surface area contributed by atoms with Crippen LogP contribution < -0.4 is 0 Å². The molecule has 0 N–H and O–H groups in total.